The number of methoxy groups -OCH3 is 1. The molecule has 3 aromatic carbocycles. The van der Waals surface area contributed by atoms with E-state index in [1.54, 1.807) is 18.2 Å². The highest BCUT2D eigenvalue weighted by Crippen LogP contribution is 2.32. The van der Waals surface area contributed by atoms with Gasteiger partial charge in [0.25, 0.3) is 5.91 Å². The van der Waals surface area contributed by atoms with Gasteiger partial charge >= 0.3 is 5.97 Å². The minimum absolute atomic E-state index is 0.0498. The monoisotopic (exact) mass is 447 g/mol. The number of carboxylic acid groups (broad SMARTS) is 1. The highest BCUT2D eigenvalue weighted by molar-refractivity contribution is 6.33. The van der Waals surface area contributed by atoms with Gasteiger partial charge in [-0.15, -0.1) is 0 Å². The summed E-state index contributed by atoms with van der Waals surface area (Å²) in [4.78, 5) is 23.6. The third-order valence-corrected chi connectivity index (χ3v) is 4.98. The van der Waals surface area contributed by atoms with Gasteiger partial charge in [-0.05, 0) is 54.1 Å². The molecule has 0 bridgehead atoms. The first-order valence-corrected chi connectivity index (χ1v) is 9.49. The quantitative estimate of drug-likeness (QED) is 0.527. The Morgan fingerprint density at radius 1 is 1.07 bits per heavy atom. The molecule has 3 aromatic rings. The summed E-state index contributed by atoms with van der Waals surface area (Å²) in [5.41, 5.74) is 1.74. The molecular formula is C22H16Cl2FNO4. The molecular weight excluding hydrogens is 432 g/mol. The lowest BCUT2D eigenvalue weighted by atomic mass is 10.00. The van der Waals surface area contributed by atoms with E-state index in [-0.39, 0.29) is 22.7 Å². The molecule has 154 valence electrons. The summed E-state index contributed by atoms with van der Waals surface area (Å²) in [5.74, 6) is -1.90. The average Bonchev–Trinajstić information content (AvgIpc) is 2.72. The Labute approximate surface area is 182 Å². The largest absolute Gasteiger partial charge is 0.496 e. The smallest absolute Gasteiger partial charge is 0.335 e. The lowest BCUT2D eigenvalue weighted by Gasteiger charge is -2.13. The number of carbonyl (C=O) groups excluding carboxylic acids is 1. The van der Waals surface area contributed by atoms with Crippen molar-refractivity contribution in [2.45, 2.75) is 6.54 Å². The van der Waals surface area contributed by atoms with E-state index in [4.69, 9.17) is 27.9 Å². The Morgan fingerprint density at radius 2 is 1.83 bits per heavy atom. The van der Waals surface area contributed by atoms with Crippen molar-refractivity contribution >= 4 is 35.1 Å². The van der Waals surface area contributed by atoms with Crippen LogP contribution in [0.5, 0.6) is 5.75 Å². The van der Waals surface area contributed by atoms with Crippen LogP contribution in [0.15, 0.2) is 54.6 Å². The maximum atomic E-state index is 14.0. The van der Waals surface area contributed by atoms with Gasteiger partial charge in [0.05, 0.1) is 18.2 Å². The van der Waals surface area contributed by atoms with Gasteiger partial charge in [0.2, 0.25) is 0 Å². The van der Waals surface area contributed by atoms with Crippen LogP contribution in [0.2, 0.25) is 10.0 Å². The van der Waals surface area contributed by atoms with E-state index in [1.165, 1.54) is 37.4 Å². The lowest BCUT2D eigenvalue weighted by molar-refractivity contribution is 0.0696. The zero-order chi connectivity index (χ0) is 21.8. The highest BCUT2D eigenvalue weighted by Gasteiger charge is 2.15. The number of aromatic carboxylic acids is 1. The molecule has 0 unspecified atom stereocenters. The topological polar surface area (TPSA) is 75.6 Å². The molecule has 0 fully saturated rings. The Hall–Kier alpha value is -3.09. The van der Waals surface area contributed by atoms with Crippen LogP contribution in [0.3, 0.4) is 0 Å². The Balaban J connectivity index is 1.89. The summed E-state index contributed by atoms with van der Waals surface area (Å²) >= 11 is 12.0. The summed E-state index contributed by atoms with van der Waals surface area (Å²) in [6, 6.07) is 13.3. The summed E-state index contributed by atoms with van der Waals surface area (Å²) in [6.45, 7) is 0.0498. The third kappa shape index (κ3) is 4.72. The molecule has 0 aromatic heterocycles. The van der Waals surface area contributed by atoms with E-state index in [9.17, 15) is 19.1 Å². The van der Waals surface area contributed by atoms with E-state index in [0.29, 0.717) is 27.5 Å². The maximum Gasteiger partial charge on any atom is 0.335 e. The van der Waals surface area contributed by atoms with E-state index in [1.807, 2.05) is 0 Å². The van der Waals surface area contributed by atoms with Crippen LogP contribution in [0.1, 0.15) is 26.3 Å². The number of hydrogen-bond donors (Lipinski definition) is 2. The van der Waals surface area contributed by atoms with Gasteiger partial charge in [-0.25, -0.2) is 9.18 Å². The number of carboxylic acids is 1. The molecule has 0 aliphatic rings. The molecule has 0 saturated carbocycles. The zero-order valence-electron chi connectivity index (χ0n) is 15.7. The summed E-state index contributed by atoms with van der Waals surface area (Å²) in [6.07, 6.45) is 0. The zero-order valence-corrected chi connectivity index (χ0v) is 17.2. The Morgan fingerprint density at radius 3 is 2.50 bits per heavy atom. The maximum absolute atomic E-state index is 14.0. The second-order valence-corrected chi connectivity index (χ2v) is 7.18. The third-order valence-electron chi connectivity index (χ3n) is 4.42. The predicted molar refractivity (Wildman–Crippen MR) is 113 cm³/mol. The summed E-state index contributed by atoms with van der Waals surface area (Å²) in [7, 11) is 1.48. The second-order valence-electron chi connectivity index (χ2n) is 6.33. The average molecular weight is 448 g/mol. The molecule has 5 nitrogen and oxygen atoms in total. The fourth-order valence-electron chi connectivity index (χ4n) is 2.91. The van der Waals surface area contributed by atoms with Crippen molar-refractivity contribution < 1.29 is 23.8 Å². The second kappa shape index (κ2) is 9.15. The fraction of sp³-hybridized carbons (Fsp3) is 0.0909. The lowest BCUT2D eigenvalue weighted by Crippen LogP contribution is -2.24. The molecule has 0 aliphatic heterocycles. The van der Waals surface area contributed by atoms with Gasteiger partial charge < -0.3 is 15.2 Å². The molecule has 8 heteroatoms. The first kappa shape index (κ1) is 21.6. The van der Waals surface area contributed by atoms with Gasteiger partial charge in [0, 0.05) is 27.7 Å². The molecule has 0 saturated heterocycles. The number of ether oxygens (including phenoxy) is 1. The Bertz CT molecular complexity index is 1130. The number of nitrogens with one attached hydrogen (secondary N) is 1. The van der Waals surface area contributed by atoms with Crippen LogP contribution in [-0.2, 0) is 6.54 Å². The first-order valence-electron chi connectivity index (χ1n) is 8.73. The van der Waals surface area contributed by atoms with Crippen molar-refractivity contribution in [3.8, 4) is 16.9 Å². The molecule has 2 N–H and O–H groups in total. The van der Waals surface area contributed by atoms with Gasteiger partial charge in [-0.2, -0.15) is 0 Å². The SMILES string of the molecule is COc1ccc(-c2cc(C(=O)O)ccc2Cl)cc1CNC(=O)c1ccc(Cl)cc1F. The Kier molecular flexibility index (Phi) is 6.59. The number of benzene rings is 3. The van der Waals surface area contributed by atoms with Crippen LogP contribution in [0.25, 0.3) is 11.1 Å². The number of carbonyl (C=O) groups is 2. The molecule has 30 heavy (non-hydrogen) atoms. The van der Waals surface area contributed by atoms with Gasteiger partial charge in [-0.3, -0.25) is 4.79 Å². The molecule has 1 amide bonds. The van der Waals surface area contributed by atoms with Crippen LogP contribution in [-0.4, -0.2) is 24.1 Å². The van der Waals surface area contributed by atoms with Crippen molar-refractivity contribution in [3.63, 3.8) is 0 Å². The predicted octanol–water partition coefficient (Wildman–Crippen LogP) is 5.44. The number of rotatable bonds is 6. The van der Waals surface area contributed by atoms with E-state index in [2.05, 4.69) is 5.32 Å². The first-order chi connectivity index (χ1) is 14.3. The summed E-state index contributed by atoms with van der Waals surface area (Å²) < 4.78 is 19.3. The molecule has 0 atom stereocenters. The van der Waals surface area contributed by atoms with Crippen molar-refractivity contribution in [1.29, 1.82) is 0 Å². The number of halogens is 3. The van der Waals surface area contributed by atoms with Crippen LogP contribution in [0, 0.1) is 5.82 Å². The van der Waals surface area contributed by atoms with Crippen LogP contribution in [0.4, 0.5) is 4.39 Å². The molecule has 3 rings (SSSR count). The van der Waals surface area contributed by atoms with Gasteiger partial charge in [-0.1, -0.05) is 29.3 Å². The standard InChI is InChI=1S/C22H16Cl2FNO4/c1-30-20-7-3-12(17-9-13(22(28)29)2-6-18(17)24)8-14(20)11-26-21(27)16-5-4-15(23)10-19(16)25/h2-10H,11H2,1H3,(H,26,27)(H,28,29). The van der Waals surface area contributed by atoms with Gasteiger partial charge in [0.15, 0.2) is 0 Å². The van der Waals surface area contributed by atoms with Crippen LogP contribution < -0.4 is 10.1 Å². The van der Waals surface area contributed by atoms with E-state index < -0.39 is 17.7 Å². The minimum atomic E-state index is -1.07. The van der Waals surface area contributed by atoms with E-state index in [0.717, 1.165) is 6.07 Å². The summed E-state index contributed by atoms with van der Waals surface area (Å²) in [5, 5.41) is 12.4. The van der Waals surface area contributed by atoms with Crippen molar-refractivity contribution in [1.82, 2.24) is 5.32 Å². The van der Waals surface area contributed by atoms with Crippen molar-refractivity contribution in [2.24, 2.45) is 0 Å². The fourth-order valence-corrected chi connectivity index (χ4v) is 3.29. The molecule has 0 aliphatic carbocycles. The minimum Gasteiger partial charge on any atom is -0.496 e. The normalized spacial score (nSPS) is 10.5. The van der Waals surface area contributed by atoms with E-state index >= 15 is 0 Å². The van der Waals surface area contributed by atoms with Gasteiger partial charge in [0.1, 0.15) is 11.6 Å². The number of hydrogen-bond acceptors (Lipinski definition) is 3. The molecule has 0 radical (unpaired) electrons. The molecule has 0 heterocycles. The van der Waals surface area contributed by atoms with Crippen molar-refractivity contribution in [2.75, 3.05) is 7.11 Å². The van der Waals surface area contributed by atoms with Crippen LogP contribution >= 0.6 is 23.2 Å². The van der Waals surface area contributed by atoms with Crippen molar-refractivity contribution in [3.05, 3.63) is 87.2 Å². The number of amides is 1. The highest BCUT2D eigenvalue weighted by atomic mass is 35.5. The molecule has 0 spiro atoms.